The second-order valence-electron chi connectivity index (χ2n) is 2.63. The Morgan fingerprint density at radius 2 is 2.43 bits per heavy atom. The van der Waals surface area contributed by atoms with Crippen LogP contribution < -0.4 is 5.32 Å². The van der Waals surface area contributed by atoms with E-state index in [-0.39, 0.29) is 5.91 Å². The zero-order valence-electron chi connectivity index (χ0n) is 7.46. The Morgan fingerprint density at radius 1 is 1.64 bits per heavy atom. The summed E-state index contributed by atoms with van der Waals surface area (Å²) in [5.41, 5.74) is 0.445. The lowest BCUT2D eigenvalue weighted by Gasteiger charge is -2.04. The second kappa shape index (κ2) is 6.34. The number of hydrogen-bond donors (Lipinski definition) is 1. The molecule has 1 N–H and O–H groups in total. The third-order valence-corrected chi connectivity index (χ3v) is 2.97. The monoisotopic (exact) mass is 368 g/mol. The van der Waals surface area contributed by atoms with Gasteiger partial charge in [-0.05, 0) is 34.5 Å². The first-order valence-corrected chi connectivity index (χ1v) is 6.52. The van der Waals surface area contributed by atoms with Gasteiger partial charge in [-0.25, -0.2) is 4.98 Å². The van der Waals surface area contributed by atoms with Crippen LogP contribution >= 0.6 is 38.5 Å². The minimum atomic E-state index is -0.123. The lowest BCUT2D eigenvalue weighted by molar-refractivity contribution is 0.0948. The molecule has 0 radical (unpaired) electrons. The molecule has 0 bridgehead atoms. The van der Waals surface area contributed by atoms with Crippen LogP contribution in [0.3, 0.4) is 0 Å². The molecule has 0 fully saturated rings. The molecule has 0 aliphatic heterocycles. The van der Waals surface area contributed by atoms with E-state index >= 15 is 0 Å². The molecule has 0 saturated carbocycles. The molecule has 76 valence electrons. The van der Waals surface area contributed by atoms with Crippen molar-refractivity contribution >= 4 is 44.4 Å². The normalized spacial score (nSPS) is 9.86. The fourth-order valence-electron chi connectivity index (χ4n) is 0.905. The fourth-order valence-corrected chi connectivity index (χ4v) is 1.72. The van der Waals surface area contributed by atoms with Crippen LogP contribution in [-0.4, -0.2) is 21.9 Å². The van der Waals surface area contributed by atoms with Crippen molar-refractivity contribution in [3.63, 3.8) is 0 Å². The fraction of sp³-hybridized carbons (Fsp3) is 0.333. The molecule has 0 saturated heterocycles. The van der Waals surface area contributed by atoms with Gasteiger partial charge in [0.2, 0.25) is 0 Å². The smallest absolute Gasteiger partial charge is 0.271 e. The van der Waals surface area contributed by atoms with Crippen LogP contribution in [0.1, 0.15) is 16.9 Å². The first-order chi connectivity index (χ1) is 6.75. The summed E-state index contributed by atoms with van der Waals surface area (Å²) in [6.45, 7) is 0.699. The minimum absolute atomic E-state index is 0.123. The first-order valence-electron chi connectivity index (χ1n) is 4.20. The van der Waals surface area contributed by atoms with Crippen molar-refractivity contribution in [2.45, 2.75) is 6.42 Å². The van der Waals surface area contributed by atoms with E-state index in [0.29, 0.717) is 12.2 Å². The van der Waals surface area contributed by atoms with Crippen molar-refractivity contribution < 1.29 is 4.79 Å². The highest BCUT2D eigenvalue weighted by Gasteiger charge is 2.09. The molecular formula is C9H10BrIN2O. The number of nitrogens with zero attached hydrogens (tertiary/aromatic N) is 1. The maximum absolute atomic E-state index is 11.5. The lowest BCUT2D eigenvalue weighted by Crippen LogP contribution is -2.25. The van der Waals surface area contributed by atoms with Crippen molar-refractivity contribution in [2.75, 3.05) is 11.0 Å². The summed E-state index contributed by atoms with van der Waals surface area (Å²) >= 11 is 5.56. The highest BCUT2D eigenvalue weighted by atomic mass is 127. The largest absolute Gasteiger partial charge is 0.351 e. The van der Waals surface area contributed by atoms with Gasteiger partial charge in [0.1, 0.15) is 5.69 Å². The SMILES string of the molecule is O=C(NCCCI)c1ncccc1Br. The Hall–Kier alpha value is -0.170. The number of nitrogens with one attached hydrogen (secondary N) is 1. The number of amides is 1. The molecule has 1 amide bonds. The van der Waals surface area contributed by atoms with Crippen LogP contribution in [0.4, 0.5) is 0 Å². The summed E-state index contributed by atoms with van der Waals surface area (Å²) in [5, 5.41) is 2.80. The maximum atomic E-state index is 11.5. The van der Waals surface area contributed by atoms with Crippen molar-refractivity contribution in [3.05, 3.63) is 28.5 Å². The standard InChI is InChI=1S/C9H10BrIN2O/c10-7-3-1-5-12-8(7)9(14)13-6-2-4-11/h1,3,5H,2,4,6H2,(H,13,14). The van der Waals surface area contributed by atoms with E-state index in [1.54, 1.807) is 18.3 Å². The zero-order valence-corrected chi connectivity index (χ0v) is 11.2. The van der Waals surface area contributed by atoms with Gasteiger partial charge >= 0.3 is 0 Å². The zero-order chi connectivity index (χ0) is 10.4. The number of rotatable bonds is 4. The molecule has 1 aromatic rings. The molecule has 1 aromatic heterocycles. The van der Waals surface area contributed by atoms with Crippen molar-refractivity contribution in [3.8, 4) is 0 Å². The Labute approximate surface area is 105 Å². The average Bonchev–Trinajstić information content (AvgIpc) is 2.18. The van der Waals surface area contributed by atoms with E-state index in [1.807, 2.05) is 0 Å². The van der Waals surface area contributed by atoms with Gasteiger partial charge in [-0.3, -0.25) is 4.79 Å². The number of alkyl halides is 1. The van der Waals surface area contributed by atoms with Crippen LogP contribution in [0.15, 0.2) is 22.8 Å². The summed E-state index contributed by atoms with van der Waals surface area (Å²) in [7, 11) is 0. The number of hydrogen-bond acceptors (Lipinski definition) is 2. The topological polar surface area (TPSA) is 42.0 Å². The van der Waals surface area contributed by atoms with E-state index in [9.17, 15) is 4.79 Å². The lowest BCUT2D eigenvalue weighted by atomic mass is 10.3. The molecule has 0 aliphatic rings. The van der Waals surface area contributed by atoms with Crippen LogP contribution in [0, 0.1) is 0 Å². The van der Waals surface area contributed by atoms with Gasteiger partial charge in [0, 0.05) is 21.6 Å². The van der Waals surface area contributed by atoms with Gasteiger partial charge < -0.3 is 5.32 Å². The number of aromatic nitrogens is 1. The van der Waals surface area contributed by atoms with Crippen LogP contribution in [0.2, 0.25) is 0 Å². The number of carbonyl (C=O) groups excluding carboxylic acids is 1. The minimum Gasteiger partial charge on any atom is -0.351 e. The van der Waals surface area contributed by atoms with Gasteiger partial charge in [0.25, 0.3) is 5.91 Å². The molecule has 0 aliphatic carbocycles. The highest BCUT2D eigenvalue weighted by Crippen LogP contribution is 2.12. The molecule has 1 rings (SSSR count). The van der Waals surface area contributed by atoms with E-state index in [4.69, 9.17) is 0 Å². The molecular weight excluding hydrogens is 359 g/mol. The molecule has 0 atom stereocenters. The molecule has 0 spiro atoms. The quantitative estimate of drug-likeness (QED) is 0.503. The molecule has 5 heteroatoms. The summed E-state index contributed by atoms with van der Waals surface area (Å²) in [4.78, 5) is 15.5. The maximum Gasteiger partial charge on any atom is 0.271 e. The van der Waals surface area contributed by atoms with E-state index in [2.05, 4.69) is 48.8 Å². The van der Waals surface area contributed by atoms with Crippen LogP contribution in [0.25, 0.3) is 0 Å². The van der Waals surface area contributed by atoms with Gasteiger partial charge in [-0.15, -0.1) is 0 Å². The Bertz CT molecular complexity index is 319. The number of carbonyl (C=O) groups is 1. The molecule has 14 heavy (non-hydrogen) atoms. The summed E-state index contributed by atoms with van der Waals surface area (Å²) < 4.78 is 1.77. The molecule has 3 nitrogen and oxygen atoms in total. The average molecular weight is 369 g/mol. The van der Waals surface area contributed by atoms with Crippen molar-refractivity contribution in [1.82, 2.24) is 10.3 Å². The third kappa shape index (κ3) is 3.53. The summed E-state index contributed by atoms with van der Waals surface area (Å²) in [5.74, 6) is -0.123. The Morgan fingerprint density at radius 3 is 3.07 bits per heavy atom. The van der Waals surface area contributed by atoms with Gasteiger partial charge in [-0.1, -0.05) is 22.6 Å². The summed E-state index contributed by atoms with van der Waals surface area (Å²) in [6, 6.07) is 3.59. The van der Waals surface area contributed by atoms with Gasteiger partial charge in [-0.2, -0.15) is 0 Å². The number of pyridine rings is 1. The van der Waals surface area contributed by atoms with E-state index in [0.717, 1.165) is 15.3 Å². The third-order valence-electron chi connectivity index (χ3n) is 1.57. The van der Waals surface area contributed by atoms with Gasteiger partial charge in [0.15, 0.2) is 0 Å². The number of halogens is 2. The Kier molecular flexibility index (Phi) is 5.39. The van der Waals surface area contributed by atoms with Crippen LogP contribution in [0.5, 0.6) is 0 Å². The van der Waals surface area contributed by atoms with E-state index < -0.39 is 0 Å². The van der Waals surface area contributed by atoms with E-state index in [1.165, 1.54) is 0 Å². The Balaban J connectivity index is 2.56. The molecule has 0 unspecified atom stereocenters. The predicted octanol–water partition coefficient (Wildman–Crippen LogP) is 2.40. The van der Waals surface area contributed by atoms with Crippen molar-refractivity contribution in [1.29, 1.82) is 0 Å². The predicted molar refractivity (Wildman–Crippen MR) is 67.8 cm³/mol. The first kappa shape index (κ1) is 11.9. The van der Waals surface area contributed by atoms with Crippen molar-refractivity contribution in [2.24, 2.45) is 0 Å². The summed E-state index contributed by atoms with van der Waals surface area (Å²) in [6.07, 6.45) is 2.59. The van der Waals surface area contributed by atoms with Crippen LogP contribution in [-0.2, 0) is 0 Å². The molecule has 1 heterocycles. The second-order valence-corrected chi connectivity index (χ2v) is 4.57. The highest BCUT2D eigenvalue weighted by molar-refractivity contribution is 14.1. The molecule has 0 aromatic carbocycles. The van der Waals surface area contributed by atoms with Gasteiger partial charge in [0.05, 0.1) is 0 Å².